The normalized spacial score (nSPS) is 29.3. The van der Waals surface area contributed by atoms with Crippen LogP contribution in [-0.2, 0) is 14.6 Å². The summed E-state index contributed by atoms with van der Waals surface area (Å²) in [5.74, 6) is 1.96. The van der Waals surface area contributed by atoms with Crippen LogP contribution in [0.1, 0.15) is 45.4 Å². The highest BCUT2D eigenvalue weighted by atomic mass is 32.2. The van der Waals surface area contributed by atoms with Gasteiger partial charge in [0.05, 0.1) is 11.5 Å². The number of hydrogen-bond acceptors (Lipinski definition) is 4. The van der Waals surface area contributed by atoms with Crippen molar-refractivity contribution < 1.29 is 13.2 Å². The Morgan fingerprint density at radius 1 is 1.19 bits per heavy atom. The van der Waals surface area contributed by atoms with E-state index in [9.17, 15) is 13.2 Å². The fraction of sp³-hybridized carbons (Fsp3) is 0.889. The van der Waals surface area contributed by atoms with Gasteiger partial charge in [-0.1, -0.05) is 12.8 Å². The molecule has 26 heavy (non-hydrogen) atoms. The molecule has 0 aromatic carbocycles. The van der Waals surface area contributed by atoms with E-state index in [1.807, 2.05) is 11.8 Å². The molecule has 2 N–H and O–H groups in total. The average Bonchev–Trinajstić information content (AvgIpc) is 3.33. The predicted octanol–water partition coefficient (Wildman–Crippen LogP) is 0.767. The molecular weight excluding hydrogens is 352 g/mol. The SMILES string of the molecule is CCNC(=NCC1CCS(=O)(=O)C1)NC1CCN(C(=O)C2CCCC2)C1. The summed E-state index contributed by atoms with van der Waals surface area (Å²) in [5, 5.41) is 6.67. The molecule has 3 fully saturated rings. The summed E-state index contributed by atoms with van der Waals surface area (Å²) >= 11 is 0. The smallest absolute Gasteiger partial charge is 0.225 e. The van der Waals surface area contributed by atoms with Crippen LogP contribution in [0.2, 0.25) is 0 Å². The number of rotatable bonds is 5. The van der Waals surface area contributed by atoms with E-state index < -0.39 is 9.84 Å². The largest absolute Gasteiger partial charge is 0.357 e. The van der Waals surface area contributed by atoms with Gasteiger partial charge in [-0.05, 0) is 38.5 Å². The Balaban J connectivity index is 1.50. The van der Waals surface area contributed by atoms with Gasteiger partial charge in [-0.25, -0.2) is 8.42 Å². The maximum Gasteiger partial charge on any atom is 0.225 e. The minimum absolute atomic E-state index is 0.125. The molecule has 2 saturated heterocycles. The lowest BCUT2D eigenvalue weighted by Crippen LogP contribution is -2.45. The summed E-state index contributed by atoms with van der Waals surface area (Å²) in [6.45, 7) is 4.85. The van der Waals surface area contributed by atoms with Crippen LogP contribution in [0.5, 0.6) is 0 Å². The highest BCUT2D eigenvalue weighted by molar-refractivity contribution is 7.91. The van der Waals surface area contributed by atoms with Crippen molar-refractivity contribution in [3.05, 3.63) is 0 Å². The maximum atomic E-state index is 12.6. The summed E-state index contributed by atoms with van der Waals surface area (Å²) < 4.78 is 23.2. The number of likely N-dealkylation sites (tertiary alicyclic amines) is 1. The number of hydrogen-bond donors (Lipinski definition) is 2. The van der Waals surface area contributed by atoms with E-state index in [1.165, 1.54) is 12.8 Å². The third kappa shape index (κ3) is 5.11. The fourth-order valence-corrected chi connectivity index (χ4v) is 6.11. The first-order valence-corrected chi connectivity index (χ1v) is 11.8. The van der Waals surface area contributed by atoms with Crippen molar-refractivity contribution in [2.24, 2.45) is 16.8 Å². The summed E-state index contributed by atoms with van der Waals surface area (Å²) in [7, 11) is -2.86. The van der Waals surface area contributed by atoms with Gasteiger partial charge in [0.15, 0.2) is 15.8 Å². The number of amides is 1. The second-order valence-electron chi connectivity index (χ2n) is 7.88. The van der Waals surface area contributed by atoms with E-state index in [0.717, 1.165) is 44.9 Å². The molecule has 148 valence electrons. The lowest BCUT2D eigenvalue weighted by Gasteiger charge is -2.21. The Kier molecular flexibility index (Phi) is 6.42. The molecule has 1 aliphatic carbocycles. The first-order chi connectivity index (χ1) is 12.5. The van der Waals surface area contributed by atoms with Gasteiger partial charge in [-0.2, -0.15) is 0 Å². The van der Waals surface area contributed by atoms with E-state index in [1.54, 1.807) is 0 Å². The van der Waals surface area contributed by atoms with Crippen LogP contribution in [-0.4, -0.2) is 68.9 Å². The molecule has 2 aliphatic heterocycles. The zero-order valence-corrected chi connectivity index (χ0v) is 16.6. The Hall–Kier alpha value is -1.31. The number of carbonyl (C=O) groups excluding carboxylic acids is 1. The molecule has 2 atom stereocenters. The van der Waals surface area contributed by atoms with E-state index in [-0.39, 0.29) is 29.4 Å². The topological polar surface area (TPSA) is 90.9 Å². The van der Waals surface area contributed by atoms with Gasteiger partial charge in [0.1, 0.15) is 0 Å². The minimum atomic E-state index is -2.86. The minimum Gasteiger partial charge on any atom is -0.357 e. The molecule has 2 unspecified atom stereocenters. The molecule has 8 heteroatoms. The summed E-state index contributed by atoms with van der Waals surface area (Å²) in [5.41, 5.74) is 0. The van der Waals surface area contributed by atoms with Crippen LogP contribution in [0.4, 0.5) is 0 Å². The molecule has 0 aromatic rings. The van der Waals surface area contributed by atoms with Gasteiger partial charge in [0.25, 0.3) is 0 Å². The number of aliphatic imine (C=N–C) groups is 1. The van der Waals surface area contributed by atoms with Gasteiger partial charge in [-0.3, -0.25) is 9.79 Å². The lowest BCUT2D eigenvalue weighted by molar-refractivity contribution is -0.134. The van der Waals surface area contributed by atoms with Crippen molar-refractivity contribution in [3.8, 4) is 0 Å². The van der Waals surface area contributed by atoms with Gasteiger partial charge in [0, 0.05) is 38.1 Å². The van der Waals surface area contributed by atoms with Crippen LogP contribution in [0.3, 0.4) is 0 Å². The number of guanidine groups is 1. The molecule has 0 radical (unpaired) electrons. The van der Waals surface area contributed by atoms with Gasteiger partial charge >= 0.3 is 0 Å². The molecule has 3 aliphatic rings. The third-order valence-corrected chi connectivity index (χ3v) is 7.56. The van der Waals surface area contributed by atoms with Crippen molar-refractivity contribution in [1.82, 2.24) is 15.5 Å². The van der Waals surface area contributed by atoms with Crippen molar-refractivity contribution in [1.29, 1.82) is 0 Å². The van der Waals surface area contributed by atoms with Gasteiger partial charge < -0.3 is 15.5 Å². The van der Waals surface area contributed by atoms with Crippen molar-refractivity contribution in [2.75, 3.05) is 37.7 Å². The molecule has 0 bridgehead atoms. The van der Waals surface area contributed by atoms with E-state index in [0.29, 0.717) is 18.9 Å². The molecular formula is C18H32N4O3S. The molecule has 3 rings (SSSR count). The molecule has 7 nitrogen and oxygen atoms in total. The Morgan fingerprint density at radius 3 is 2.62 bits per heavy atom. The zero-order valence-electron chi connectivity index (χ0n) is 15.7. The zero-order chi connectivity index (χ0) is 18.6. The number of carbonyl (C=O) groups is 1. The van der Waals surface area contributed by atoms with E-state index in [2.05, 4.69) is 15.6 Å². The second kappa shape index (κ2) is 8.59. The van der Waals surface area contributed by atoms with Crippen molar-refractivity contribution in [2.45, 2.75) is 51.5 Å². The standard InChI is InChI=1S/C18H32N4O3S/c1-2-19-18(20-11-14-8-10-26(24,25)13-14)21-16-7-9-22(12-16)17(23)15-5-3-4-6-15/h14-16H,2-13H2,1H3,(H2,19,20,21). The molecule has 2 heterocycles. The fourth-order valence-electron chi connectivity index (χ4n) is 4.26. The monoisotopic (exact) mass is 384 g/mol. The maximum absolute atomic E-state index is 12.6. The summed E-state index contributed by atoms with van der Waals surface area (Å²) in [6.07, 6.45) is 6.09. The first-order valence-electron chi connectivity index (χ1n) is 10.0. The van der Waals surface area contributed by atoms with Crippen molar-refractivity contribution >= 4 is 21.7 Å². The van der Waals surface area contributed by atoms with Crippen LogP contribution >= 0.6 is 0 Å². The van der Waals surface area contributed by atoms with Gasteiger partial charge in [-0.15, -0.1) is 0 Å². The van der Waals surface area contributed by atoms with E-state index in [4.69, 9.17) is 0 Å². The van der Waals surface area contributed by atoms with Crippen LogP contribution < -0.4 is 10.6 Å². The second-order valence-corrected chi connectivity index (χ2v) is 10.1. The van der Waals surface area contributed by atoms with Crippen LogP contribution in [0, 0.1) is 11.8 Å². The Morgan fingerprint density at radius 2 is 1.96 bits per heavy atom. The quantitative estimate of drug-likeness (QED) is 0.540. The number of sulfone groups is 1. The highest BCUT2D eigenvalue weighted by Gasteiger charge is 2.32. The van der Waals surface area contributed by atoms with E-state index >= 15 is 0 Å². The van der Waals surface area contributed by atoms with Crippen LogP contribution in [0.15, 0.2) is 4.99 Å². The first kappa shape index (κ1) is 19.5. The summed E-state index contributed by atoms with van der Waals surface area (Å²) in [4.78, 5) is 19.2. The van der Waals surface area contributed by atoms with Crippen LogP contribution in [0.25, 0.3) is 0 Å². The molecule has 1 saturated carbocycles. The average molecular weight is 385 g/mol. The molecule has 0 spiro atoms. The molecule has 0 aromatic heterocycles. The predicted molar refractivity (Wildman–Crippen MR) is 103 cm³/mol. The lowest BCUT2D eigenvalue weighted by atomic mass is 10.1. The highest BCUT2D eigenvalue weighted by Crippen LogP contribution is 2.27. The Bertz CT molecular complexity index is 628. The molecule has 1 amide bonds. The van der Waals surface area contributed by atoms with Crippen molar-refractivity contribution in [3.63, 3.8) is 0 Å². The summed E-state index contributed by atoms with van der Waals surface area (Å²) in [6, 6.07) is 0.213. The number of nitrogens with one attached hydrogen (secondary N) is 2. The van der Waals surface area contributed by atoms with Gasteiger partial charge in [0.2, 0.25) is 5.91 Å². The number of nitrogens with zero attached hydrogens (tertiary/aromatic N) is 2. The third-order valence-electron chi connectivity index (χ3n) is 5.72. The Labute approximate surface area is 156 Å².